The van der Waals surface area contributed by atoms with Crippen molar-refractivity contribution >= 4 is 26.8 Å². The predicted molar refractivity (Wildman–Crippen MR) is 129 cm³/mol. The minimum atomic E-state index is -3.74. The molecule has 0 saturated carbocycles. The fraction of sp³-hybridized carbons (Fsp3) is 0.360. The van der Waals surface area contributed by atoms with Gasteiger partial charge in [-0.05, 0) is 55.2 Å². The van der Waals surface area contributed by atoms with Crippen LogP contribution in [0.4, 0.5) is 4.39 Å². The summed E-state index contributed by atoms with van der Waals surface area (Å²) in [6.07, 6.45) is 2.08. The molecule has 2 aromatic carbocycles. The average Bonchev–Trinajstić information content (AvgIpc) is 3.26. The van der Waals surface area contributed by atoms with Gasteiger partial charge in [-0.1, -0.05) is 26.0 Å². The number of nitrogens with zero attached hydrogens (tertiary/aromatic N) is 2. The fourth-order valence-electron chi connectivity index (χ4n) is 4.69. The minimum absolute atomic E-state index is 0.0718. The van der Waals surface area contributed by atoms with Crippen LogP contribution in [0.15, 0.2) is 58.2 Å². The standard InChI is InChI=1S/C25H28FN3O4S/c1-3-28(4-2)34(32,33)20-10-11-23-21(15-20)22(16-24(30)27-23)25(31)29-12-6-9-19(29)14-17-7-5-8-18(26)13-17/h5,7-8,10-11,13,15-16,19H,3-4,6,9,12,14H2,1-2H3,(H,27,30). The number of carbonyl (C=O) groups excluding carboxylic acids is 1. The Kier molecular flexibility index (Phi) is 6.86. The van der Waals surface area contributed by atoms with Gasteiger partial charge in [0, 0.05) is 42.6 Å². The molecule has 1 fully saturated rings. The van der Waals surface area contributed by atoms with Gasteiger partial charge in [0.25, 0.3) is 5.91 Å². The van der Waals surface area contributed by atoms with E-state index in [1.54, 1.807) is 24.8 Å². The van der Waals surface area contributed by atoms with Gasteiger partial charge < -0.3 is 9.88 Å². The molecule has 1 atom stereocenters. The second-order valence-corrected chi connectivity index (χ2v) is 10.4. The Hall–Kier alpha value is -3.04. The van der Waals surface area contributed by atoms with Crippen molar-refractivity contribution in [3.05, 3.63) is 75.8 Å². The quantitative estimate of drug-likeness (QED) is 0.554. The number of sulfonamides is 1. The Morgan fingerprint density at radius 3 is 2.62 bits per heavy atom. The van der Waals surface area contributed by atoms with Gasteiger partial charge in [-0.2, -0.15) is 4.31 Å². The van der Waals surface area contributed by atoms with Crippen LogP contribution >= 0.6 is 0 Å². The summed E-state index contributed by atoms with van der Waals surface area (Å²) in [6.45, 7) is 4.69. The first-order chi connectivity index (χ1) is 16.2. The van der Waals surface area contributed by atoms with E-state index in [2.05, 4.69) is 4.98 Å². The molecule has 1 aliphatic rings. The van der Waals surface area contributed by atoms with Crippen molar-refractivity contribution in [2.45, 2.75) is 44.0 Å². The number of hydrogen-bond donors (Lipinski definition) is 1. The number of aromatic nitrogens is 1. The van der Waals surface area contributed by atoms with Crippen LogP contribution in [0, 0.1) is 5.82 Å². The number of halogens is 1. The smallest absolute Gasteiger partial charge is 0.255 e. The fourth-order valence-corrected chi connectivity index (χ4v) is 6.17. The number of carbonyl (C=O) groups is 1. The molecule has 1 N–H and O–H groups in total. The molecule has 1 aromatic heterocycles. The Bertz CT molecular complexity index is 1380. The Morgan fingerprint density at radius 1 is 1.15 bits per heavy atom. The lowest BCUT2D eigenvalue weighted by atomic mass is 10.0. The molecule has 7 nitrogen and oxygen atoms in total. The van der Waals surface area contributed by atoms with Crippen molar-refractivity contribution in [3.8, 4) is 0 Å². The number of hydrogen-bond acceptors (Lipinski definition) is 4. The van der Waals surface area contributed by atoms with Crippen LogP contribution < -0.4 is 5.56 Å². The number of aromatic amines is 1. The van der Waals surface area contributed by atoms with Crippen molar-refractivity contribution in [1.29, 1.82) is 0 Å². The number of amides is 1. The molecule has 0 spiro atoms. The second-order valence-electron chi connectivity index (χ2n) is 8.47. The van der Waals surface area contributed by atoms with E-state index in [1.165, 1.54) is 40.7 Å². The average molecular weight is 486 g/mol. The summed E-state index contributed by atoms with van der Waals surface area (Å²) in [5.41, 5.74) is 0.931. The molecule has 1 aliphatic heterocycles. The van der Waals surface area contributed by atoms with Crippen molar-refractivity contribution < 1.29 is 17.6 Å². The molecule has 180 valence electrons. The van der Waals surface area contributed by atoms with E-state index in [4.69, 9.17) is 0 Å². The van der Waals surface area contributed by atoms with E-state index < -0.39 is 15.6 Å². The van der Waals surface area contributed by atoms with Crippen LogP contribution in [0.2, 0.25) is 0 Å². The van der Waals surface area contributed by atoms with E-state index in [9.17, 15) is 22.4 Å². The van der Waals surface area contributed by atoms with Crippen molar-refractivity contribution in [1.82, 2.24) is 14.2 Å². The number of rotatable bonds is 7. The maximum Gasteiger partial charge on any atom is 0.255 e. The molecule has 2 heterocycles. The monoisotopic (exact) mass is 485 g/mol. The number of fused-ring (bicyclic) bond motifs is 1. The molecule has 4 rings (SSSR count). The van der Waals surface area contributed by atoms with Crippen molar-refractivity contribution in [2.75, 3.05) is 19.6 Å². The van der Waals surface area contributed by atoms with Crippen molar-refractivity contribution in [3.63, 3.8) is 0 Å². The number of pyridine rings is 1. The first-order valence-electron chi connectivity index (χ1n) is 11.5. The zero-order chi connectivity index (χ0) is 24.5. The maximum absolute atomic E-state index is 13.7. The molecule has 9 heteroatoms. The lowest BCUT2D eigenvalue weighted by Gasteiger charge is -2.25. The highest BCUT2D eigenvalue weighted by atomic mass is 32.2. The second kappa shape index (κ2) is 9.68. The zero-order valence-corrected chi connectivity index (χ0v) is 20.1. The SMILES string of the molecule is CCN(CC)S(=O)(=O)c1ccc2[nH]c(=O)cc(C(=O)N3CCCC3Cc3cccc(F)c3)c2c1. The van der Waals surface area contributed by atoms with Crippen LogP contribution in [0.1, 0.15) is 42.6 Å². The predicted octanol–water partition coefficient (Wildman–Crippen LogP) is 3.55. The molecule has 1 saturated heterocycles. The Morgan fingerprint density at radius 2 is 1.91 bits per heavy atom. The molecule has 0 radical (unpaired) electrons. The summed E-state index contributed by atoms with van der Waals surface area (Å²) in [7, 11) is -3.74. The van der Waals surface area contributed by atoms with Gasteiger partial charge in [0.2, 0.25) is 15.6 Å². The summed E-state index contributed by atoms with van der Waals surface area (Å²) in [5.74, 6) is -0.650. The molecule has 0 bridgehead atoms. The summed E-state index contributed by atoms with van der Waals surface area (Å²) in [5, 5.41) is 0.384. The molecule has 3 aromatic rings. The molecule has 1 unspecified atom stereocenters. The van der Waals surface area contributed by atoms with E-state index in [1.807, 2.05) is 6.07 Å². The van der Waals surface area contributed by atoms with Crippen LogP contribution in [0.3, 0.4) is 0 Å². The highest BCUT2D eigenvalue weighted by Gasteiger charge is 2.31. The van der Waals surface area contributed by atoms with Gasteiger partial charge in [0.05, 0.1) is 10.5 Å². The van der Waals surface area contributed by atoms with Crippen LogP contribution in [-0.2, 0) is 16.4 Å². The van der Waals surface area contributed by atoms with E-state index >= 15 is 0 Å². The Balaban J connectivity index is 1.74. The molecule has 0 aliphatic carbocycles. The molecular formula is C25H28FN3O4S. The normalized spacial score (nSPS) is 16.5. The number of benzene rings is 2. The van der Waals surface area contributed by atoms with E-state index in [-0.39, 0.29) is 28.2 Å². The summed E-state index contributed by atoms with van der Waals surface area (Å²) in [4.78, 5) is 30.4. The summed E-state index contributed by atoms with van der Waals surface area (Å²) >= 11 is 0. The first-order valence-corrected chi connectivity index (χ1v) is 12.9. The van der Waals surface area contributed by atoms with Gasteiger partial charge in [0.1, 0.15) is 5.82 Å². The maximum atomic E-state index is 13.7. The number of nitrogens with one attached hydrogen (secondary N) is 1. The lowest BCUT2D eigenvalue weighted by molar-refractivity contribution is 0.0738. The van der Waals surface area contributed by atoms with Gasteiger partial charge in [-0.3, -0.25) is 9.59 Å². The highest BCUT2D eigenvalue weighted by Crippen LogP contribution is 2.27. The minimum Gasteiger partial charge on any atom is -0.335 e. The number of likely N-dealkylation sites (tertiary alicyclic amines) is 1. The third-order valence-electron chi connectivity index (χ3n) is 6.39. The highest BCUT2D eigenvalue weighted by molar-refractivity contribution is 7.89. The van der Waals surface area contributed by atoms with Gasteiger partial charge in [0.15, 0.2) is 0 Å². The topological polar surface area (TPSA) is 90.5 Å². The van der Waals surface area contributed by atoms with Crippen molar-refractivity contribution in [2.24, 2.45) is 0 Å². The summed E-state index contributed by atoms with van der Waals surface area (Å²) in [6, 6.07) is 11.9. The van der Waals surface area contributed by atoms with Crippen LogP contribution in [0.25, 0.3) is 10.9 Å². The van der Waals surface area contributed by atoms with Gasteiger partial charge >= 0.3 is 0 Å². The first kappa shape index (κ1) is 24.1. The summed E-state index contributed by atoms with van der Waals surface area (Å²) < 4.78 is 41.1. The third kappa shape index (κ3) is 4.63. The molecule has 1 amide bonds. The van der Waals surface area contributed by atoms with Gasteiger partial charge in [-0.25, -0.2) is 12.8 Å². The zero-order valence-electron chi connectivity index (χ0n) is 19.3. The number of H-pyrrole nitrogens is 1. The van der Waals surface area contributed by atoms with E-state index in [0.717, 1.165) is 18.4 Å². The largest absolute Gasteiger partial charge is 0.335 e. The van der Waals surface area contributed by atoms with E-state index in [0.29, 0.717) is 37.0 Å². The Labute approximate surface area is 198 Å². The lowest BCUT2D eigenvalue weighted by Crippen LogP contribution is -2.37. The molecular weight excluding hydrogens is 457 g/mol. The van der Waals surface area contributed by atoms with Crippen LogP contribution in [-0.4, -0.2) is 54.2 Å². The van der Waals surface area contributed by atoms with Crippen LogP contribution in [0.5, 0.6) is 0 Å². The van der Waals surface area contributed by atoms with Gasteiger partial charge in [-0.15, -0.1) is 0 Å². The molecule has 34 heavy (non-hydrogen) atoms. The third-order valence-corrected chi connectivity index (χ3v) is 8.43.